The van der Waals surface area contributed by atoms with Crippen LogP contribution < -0.4 is 5.56 Å². The van der Waals surface area contributed by atoms with E-state index in [0.717, 1.165) is 38.8 Å². The fraction of sp³-hybridized carbons (Fsp3) is 0.389. The summed E-state index contributed by atoms with van der Waals surface area (Å²) in [5.74, 6) is 0.875. The minimum Gasteiger partial charge on any atom is -0.300 e. The lowest BCUT2D eigenvalue weighted by molar-refractivity contribution is -0.117. The predicted molar refractivity (Wildman–Crippen MR) is 101 cm³/mol. The number of nitrogens with zero attached hydrogens (tertiary/aromatic N) is 2. The number of fused-ring (bicyclic) bond motifs is 1. The van der Waals surface area contributed by atoms with Crippen LogP contribution in [0.1, 0.15) is 37.4 Å². The number of carbonyl (C=O) groups is 1. The number of aromatic nitrogens is 2. The van der Waals surface area contributed by atoms with E-state index in [2.05, 4.69) is 6.92 Å². The van der Waals surface area contributed by atoms with Gasteiger partial charge in [-0.3, -0.25) is 14.2 Å². The van der Waals surface area contributed by atoms with Crippen LogP contribution in [0.15, 0.2) is 22.3 Å². The molecule has 0 aliphatic rings. The van der Waals surface area contributed by atoms with Gasteiger partial charge in [0.15, 0.2) is 0 Å². The minimum absolute atomic E-state index is 0.0162. The number of rotatable bonds is 6. The summed E-state index contributed by atoms with van der Waals surface area (Å²) in [7, 11) is 0. The molecule has 6 heteroatoms. The molecule has 4 nitrogen and oxygen atoms in total. The van der Waals surface area contributed by atoms with E-state index in [4.69, 9.17) is 4.98 Å². The van der Waals surface area contributed by atoms with Crippen LogP contribution in [-0.4, -0.2) is 15.3 Å². The van der Waals surface area contributed by atoms with Gasteiger partial charge < -0.3 is 0 Å². The average molecular weight is 361 g/mol. The van der Waals surface area contributed by atoms with Gasteiger partial charge in [-0.1, -0.05) is 13.0 Å². The van der Waals surface area contributed by atoms with E-state index in [1.807, 2.05) is 24.4 Å². The number of carbonyl (C=O) groups excluding carboxylic acids is 1. The second kappa shape index (κ2) is 6.99. The summed E-state index contributed by atoms with van der Waals surface area (Å²) in [6.45, 7) is 6.08. The van der Waals surface area contributed by atoms with Crippen molar-refractivity contribution < 1.29 is 4.79 Å². The fourth-order valence-corrected chi connectivity index (χ4v) is 4.81. The number of hydrogen-bond acceptors (Lipinski definition) is 5. The molecule has 0 aliphatic carbocycles. The van der Waals surface area contributed by atoms with Crippen LogP contribution in [0, 0.1) is 6.92 Å². The maximum atomic E-state index is 13.2. The number of thiophene rings is 2. The first-order valence-electron chi connectivity index (χ1n) is 8.09. The number of ketones is 1. The summed E-state index contributed by atoms with van der Waals surface area (Å²) in [5.41, 5.74) is 0.986. The lowest BCUT2D eigenvalue weighted by Crippen LogP contribution is -2.26. The maximum absolute atomic E-state index is 13.2. The molecule has 0 bridgehead atoms. The summed E-state index contributed by atoms with van der Waals surface area (Å²) in [4.78, 5) is 32.4. The van der Waals surface area contributed by atoms with E-state index in [9.17, 15) is 9.59 Å². The predicted octanol–water partition coefficient (Wildman–Crippen LogP) is 4.43. The first-order chi connectivity index (χ1) is 11.5. The van der Waals surface area contributed by atoms with Crippen molar-refractivity contribution in [1.29, 1.82) is 0 Å². The van der Waals surface area contributed by atoms with Gasteiger partial charge in [0, 0.05) is 34.7 Å². The Balaban J connectivity index is 2.26. The van der Waals surface area contributed by atoms with Crippen molar-refractivity contribution >= 4 is 38.7 Å². The Hall–Kier alpha value is -1.79. The molecule has 0 N–H and O–H groups in total. The first kappa shape index (κ1) is 17.0. The van der Waals surface area contributed by atoms with E-state index >= 15 is 0 Å². The molecular formula is C18H20N2O2S2. The molecule has 3 aromatic rings. The van der Waals surface area contributed by atoms with Crippen LogP contribution in [0.4, 0.5) is 0 Å². The highest BCUT2D eigenvalue weighted by Crippen LogP contribution is 2.37. The van der Waals surface area contributed by atoms with Crippen LogP contribution in [0.5, 0.6) is 0 Å². The van der Waals surface area contributed by atoms with Crippen LogP contribution in [0.2, 0.25) is 0 Å². The monoisotopic (exact) mass is 360 g/mol. The Labute approximate surface area is 148 Å². The van der Waals surface area contributed by atoms with Crippen LogP contribution in [0.3, 0.4) is 0 Å². The molecule has 0 radical (unpaired) electrons. The quantitative estimate of drug-likeness (QED) is 0.653. The van der Waals surface area contributed by atoms with E-state index in [1.165, 1.54) is 0 Å². The molecule has 0 amide bonds. The highest BCUT2D eigenvalue weighted by atomic mass is 32.1. The highest BCUT2D eigenvalue weighted by molar-refractivity contribution is 7.20. The Morgan fingerprint density at radius 2 is 2.17 bits per heavy atom. The SMILES string of the molecule is CCCc1nc2sc(C)c(-c3cccs3)c2c(=O)n1CCC(C)=O. The zero-order valence-corrected chi connectivity index (χ0v) is 15.7. The largest absolute Gasteiger partial charge is 0.300 e. The highest BCUT2D eigenvalue weighted by Gasteiger charge is 2.20. The molecule has 0 fully saturated rings. The summed E-state index contributed by atoms with van der Waals surface area (Å²) in [6.07, 6.45) is 2.02. The fourth-order valence-electron chi connectivity index (χ4n) is 2.87. The molecule has 0 aliphatic heterocycles. The van der Waals surface area contributed by atoms with Crippen LogP contribution in [-0.2, 0) is 17.8 Å². The minimum atomic E-state index is -0.0162. The van der Waals surface area contributed by atoms with Gasteiger partial charge in [-0.15, -0.1) is 22.7 Å². The van der Waals surface area contributed by atoms with Gasteiger partial charge in [0.1, 0.15) is 16.4 Å². The van der Waals surface area contributed by atoms with Gasteiger partial charge in [-0.25, -0.2) is 4.98 Å². The molecule has 3 aromatic heterocycles. The Morgan fingerprint density at radius 1 is 1.38 bits per heavy atom. The van der Waals surface area contributed by atoms with Gasteiger partial charge in [0.2, 0.25) is 0 Å². The van der Waals surface area contributed by atoms with Crippen molar-refractivity contribution in [1.82, 2.24) is 9.55 Å². The lowest BCUT2D eigenvalue weighted by Gasteiger charge is -2.11. The van der Waals surface area contributed by atoms with Gasteiger partial charge in [-0.05, 0) is 31.7 Å². The van der Waals surface area contributed by atoms with E-state index in [0.29, 0.717) is 18.4 Å². The molecule has 0 aromatic carbocycles. The van der Waals surface area contributed by atoms with Gasteiger partial charge in [0.25, 0.3) is 5.56 Å². The zero-order chi connectivity index (χ0) is 17.3. The molecule has 3 heterocycles. The smallest absolute Gasteiger partial charge is 0.262 e. The normalized spacial score (nSPS) is 11.3. The van der Waals surface area contributed by atoms with Crippen molar-refractivity contribution in [2.75, 3.05) is 0 Å². The van der Waals surface area contributed by atoms with Crippen molar-refractivity contribution in [3.63, 3.8) is 0 Å². The lowest BCUT2D eigenvalue weighted by atomic mass is 10.1. The molecule has 0 saturated heterocycles. The number of Topliss-reactive ketones (excluding diaryl/α,β-unsaturated/α-hetero) is 1. The molecule has 0 atom stereocenters. The van der Waals surface area contributed by atoms with E-state index in [-0.39, 0.29) is 11.3 Å². The third-order valence-corrected chi connectivity index (χ3v) is 5.88. The molecule has 3 rings (SSSR count). The standard InChI is InChI=1S/C18H20N2O2S2/c1-4-6-14-19-17-16(18(22)20(14)9-8-11(2)21)15(12(3)24-17)13-7-5-10-23-13/h5,7,10H,4,6,8-9H2,1-3H3. The molecular weight excluding hydrogens is 340 g/mol. The second-order valence-corrected chi connectivity index (χ2v) is 8.03. The molecule has 0 unspecified atom stereocenters. The summed E-state index contributed by atoms with van der Waals surface area (Å²) < 4.78 is 1.70. The first-order valence-corrected chi connectivity index (χ1v) is 9.78. The topological polar surface area (TPSA) is 52.0 Å². The third-order valence-electron chi connectivity index (χ3n) is 4.00. The number of hydrogen-bond donors (Lipinski definition) is 0. The summed E-state index contributed by atoms with van der Waals surface area (Å²) in [6, 6.07) is 4.04. The van der Waals surface area contributed by atoms with E-state index < -0.39 is 0 Å². The second-order valence-electron chi connectivity index (χ2n) is 5.88. The van der Waals surface area contributed by atoms with Crippen molar-refractivity contribution in [3.8, 4) is 10.4 Å². The average Bonchev–Trinajstić information content (AvgIpc) is 3.13. The Kier molecular flexibility index (Phi) is 4.96. The zero-order valence-electron chi connectivity index (χ0n) is 14.1. The van der Waals surface area contributed by atoms with Crippen LogP contribution in [0.25, 0.3) is 20.7 Å². The van der Waals surface area contributed by atoms with Gasteiger partial charge in [-0.2, -0.15) is 0 Å². The Morgan fingerprint density at radius 3 is 2.79 bits per heavy atom. The van der Waals surface area contributed by atoms with E-state index in [1.54, 1.807) is 34.2 Å². The number of aryl methyl sites for hydroxylation is 2. The summed E-state index contributed by atoms with van der Waals surface area (Å²) in [5, 5.41) is 2.72. The van der Waals surface area contributed by atoms with Crippen molar-refractivity contribution in [2.45, 2.75) is 46.6 Å². The van der Waals surface area contributed by atoms with Gasteiger partial charge >= 0.3 is 0 Å². The molecule has 0 spiro atoms. The van der Waals surface area contributed by atoms with Gasteiger partial charge in [0.05, 0.1) is 5.39 Å². The summed E-state index contributed by atoms with van der Waals surface area (Å²) >= 11 is 3.21. The maximum Gasteiger partial charge on any atom is 0.262 e. The van der Waals surface area contributed by atoms with Crippen LogP contribution >= 0.6 is 22.7 Å². The van der Waals surface area contributed by atoms with Crippen molar-refractivity contribution in [3.05, 3.63) is 38.6 Å². The third kappa shape index (κ3) is 3.08. The Bertz CT molecular complexity index is 936. The molecule has 24 heavy (non-hydrogen) atoms. The molecule has 0 saturated carbocycles. The van der Waals surface area contributed by atoms with Crippen molar-refractivity contribution in [2.24, 2.45) is 0 Å². The molecule has 126 valence electrons.